The fraction of sp³-hybridized carbons (Fsp3) is 0.571. The molecule has 1 saturated heterocycles. The molecule has 0 aliphatic carbocycles. The van der Waals surface area contributed by atoms with Crippen LogP contribution in [0, 0.1) is 5.92 Å². The molecular weight excluding hydrogens is 198 g/mol. The van der Waals surface area contributed by atoms with E-state index < -0.39 is 0 Å². The van der Waals surface area contributed by atoms with E-state index in [9.17, 15) is 5.21 Å². The zero-order valence-electron chi connectivity index (χ0n) is 10.5. The molecule has 1 fully saturated rings. The van der Waals surface area contributed by atoms with Gasteiger partial charge in [-0.1, -0.05) is 37.3 Å². The first-order valence-electron chi connectivity index (χ1n) is 5.92. The monoisotopic (exact) mass is 218 g/mol. The van der Waals surface area contributed by atoms with Crippen LogP contribution in [0.2, 0.25) is 0 Å². The Morgan fingerprint density at radius 3 is 2.19 bits per heavy atom. The fourth-order valence-corrected chi connectivity index (χ4v) is 2.80. The van der Waals surface area contributed by atoms with Gasteiger partial charge in [-0.2, -0.15) is 0 Å². The van der Waals surface area contributed by atoms with E-state index in [0.717, 1.165) is 12.0 Å². The zero-order chi connectivity index (χ0) is 12.0. The van der Waals surface area contributed by atoms with Crippen LogP contribution in [0.4, 0.5) is 0 Å². The van der Waals surface area contributed by atoms with Crippen LogP contribution in [0.1, 0.15) is 39.7 Å². The van der Waals surface area contributed by atoms with E-state index in [1.807, 2.05) is 32.0 Å². The number of hydrogen-bond acceptors (Lipinski definition) is 1. The molecule has 0 spiro atoms. The summed E-state index contributed by atoms with van der Waals surface area (Å²) in [5, 5.41) is 13.8. The second-order valence-electron chi connectivity index (χ2n) is 5.69. The molecule has 2 unspecified atom stereocenters. The standard InChI is InChI=1S/C14H20NO/c1-11-10-14(4,15(16)13(11,2)3)12-8-6-5-7-9-12/h5-9,11H,10H2,1-4H3. The highest BCUT2D eigenvalue weighted by atomic mass is 16.5. The van der Waals surface area contributed by atoms with Crippen molar-refractivity contribution in [2.24, 2.45) is 5.92 Å². The molecule has 2 heteroatoms. The molecule has 1 radical (unpaired) electrons. The Morgan fingerprint density at radius 1 is 1.19 bits per heavy atom. The molecule has 87 valence electrons. The first kappa shape index (κ1) is 11.6. The van der Waals surface area contributed by atoms with Crippen LogP contribution in [0.15, 0.2) is 30.3 Å². The first-order chi connectivity index (χ1) is 7.39. The van der Waals surface area contributed by atoms with E-state index in [2.05, 4.69) is 26.0 Å². The van der Waals surface area contributed by atoms with Crippen LogP contribution in [0.25, 0.3) is 0 Å². The molecule has 2 nitrogen and oxygen atoms in total. The molecule has 1 aliphatic heterocycles. The van der Waals surface area contributed by atoms with Gasteiger partial charge in [0, 0.05) is 5.54 Å². The average molecular weight is 218 g/mol. The van der Waals surface area contributed by atoms with Gasteiger partial charge in [0.15, 0.2) is 0 Å². The van der Waals surface area contributed by atoms with Crippen LogP contribution < -0.4 is 0 Å². The van der Waals surface area contributed by atoms with Crippen molar-refractivity contribution >= 4 is 0 Å². The van der Waals surface area contributed by atoms with Crippen LogP contribution in [0.5, 0.6) is 0 Å². The van der Waals surface area contributed by atoms with Gasteiger partial charge in [-0.25, -0.2) is 0 Å². The lowest BCUT2D eigenvalue weighted by molar-refractivity contribution is -0.255. The average Bonchev–Trinajstić information content (AvgIpc) is 2.42. The first-order valence-corrected chi connectivity index (χ1v) is 5.92. The Labute approximate surface area is 97.9 Å². The summed E-state index contributed by atoms with van der Waals surface area (Å²) in [5.41, 5.74) is 0.483. The SMILES string of the molecule is CC1CC(C)(c2ccccc2)N([O])C1(C)C. The number of hydrogen-bond donors (Lipinski definition) is 0. The third-order valence-electron chi connectivity index (χ3n) is 4.28. The minimum atomic E-state index is -0.371. The smallest absolute Gasteiger partial charge is 0.0723 e. The highest BCUT2D eigenvalue weighted by molar-refractivity contribution is 5.26. The van der Waals surface area contributed by atoms with Crippen molar-refractivity contribution < 1.29 is 5.21 Å². The quantitative estimate of drug-likeness (QED) is 0.708. The van der Waals surface area contributed by atoms with Gasteiger partial charge >= 0.3 is 0 Å². The molecule has 1 aliphatic rings. The van der Waals surface area contributed by atoms with E-state index in [0.29, 0.717) is 5.92 Å². The van der Waals surface area contributed by atoms with Gasteiger partial charge in [0.05, 0.1) is 5.54 Å². The summed E-state index contributed by atoms with van der Waals surface area (Å²) >= 11 is 0. The Kier molecular flexibility index (Phi) is 2.59. The van der Waals surface area contributed by atoms with Crippen LogP contribution in [-0.4, -0.2) is 10.6 Å². The summed E-state index contributed by atoms with van der Waals surface area (Å²) in [6, 6.07) is 10.1. The van der Waals surface area contributed by atoms with Crippen molar-refractivity contribution in [3.05, 3.63) is 35.9 Å². The molecule has 2 rings (SSSR count). The summed E-state index contributed by atoms with van der Waals surface area (Å²) in [7, 11) is 0. The summed E-state index contributed by atoms with van der Waals surface area (Å²) < 4.78 is 0. The van der Waals surface area contributed by atoms with Crippen LogP contribution in [0.3, 0.4) is 0 Å². The third kappa shape index (κ3) is 1.48. The third-order valence-corrected chi connectivity index (χ3v) is 4.28. The van der Waals surface area contributed by atoms with Crippen molar-refractivity contribution in [3.8, 4) is 0 Å². The molecule has 0 aromatic heterocycles. The summed E-state index contributed by atoms with van der Waals surface area (Å²) in [6.45, 7) is 8.30. The van der Waals surface area contributed by atoms with Crippen molar-refractivity contribution in [2.75, 3.05) is 0 Å². The van der Waals surface area contributed by atoms with Crippen molar-refractivity contribution in [3.63, 3.8) is 0 Å². The lowest BCUT2D eigenvalue weighted by Gasteiger charge is -2.35. The van der Waals surface area contributed by atoms with Gasteiger partial charge in [-0.15, -0.1) is 10.3 Å². The van der Waals surface area contributed by atoms with Crippen molar-refractivity contribution in [2.45, 2.75) is 45.2 Å². The highest BCUT2D eigenvalue weighted by Crippen LogP contribution is 2.49. The van der Waals surface area contributed by atoms with E-state index in [-0.39, 0.29) is 11.1 Å². The number of rotatable bonds is 1. The normalized spacial score (nSPS) is 34.2. The Hall–Kier alpha value is -0.860. The molecule has 0 saturated carbocycles. The highest BCUT2D eigenvalue weighted by Gasteiger charge is 2.53. The van der Waals surface area contributed by atoms with E-state index >= 15 is 0 Å². The van der Waals surface area contributed by atoms with Gasteiger partial charge in [0.2, 0.25) is 0 Å². The number of nitrogens with zero attached hydrogens (tertiary/aromatic N) is 1. The van der Waals surface area contributed by atoms with Crippen LogP contribution in [-0.2, 0) is 10.7 Å². The molecule has 2 atom stereocenters. The molecule has 0 amide bonds. The molecular formula is C14H20NO. The summed E-state index contributed by atoms with van der Waals surface area (Å²) in [5.74, 6) is 0.412. The maximum Gasteiger partial charge on any atom is 0.0723 e. The van der Waals surface area contributed by atoms with Gasteiger partial charge in [-0.3, -0.25) is 0 Å². The van der Waals surface area contributed by atoms with Gasteiger partial charge in [-0.05, 0) is 38.7 Å². The van der Waals surface area contributed by atoms with Gasteiger partial charge in [0.1, 0.15) is 0 Å². The van der Waals surface area contributed by atoms with E-state index in [1.165, 1.54) is 5.06 Å². The minimum absolute atomic E-state index is 0.273. The van der Waals surface area contributed by atoms with Gasteiger partial charge in [0.25, 0.3) is 0 Å². The van der Waals surface area contributed by atoms with Gasteiger partial charge < -0.3 is 0 Å². The van der Waals surface area contributed by atoms with Crippen LogP contribution >= 0.6 is 0 Å². The predicted molar refractivity (Wildman–Crippen MR) is 64.2 cm³/mol. The minimum Gasteiger partial charge on any atom is -0.139 e. The van der Waals surface area contributed by atoms with E-state index in [1.54, 1.807) is 0 Å². The van der Waals surface area contributed by atoms with E-state index in [4.69, 9.17) is 0 Å². The Balaban J connectivity index is 2.42. The number of hydroxylamine groups is 2. The summed E-state index contributed by atoms with van der Waals surface area (Å²) in [6.07, 6.45) is 0.924. The molecule has 1 heterocycles. The summed E-state index contributed by atoms with van der Waals surface area (Å²) in [4.78, 5) is 0. The Bertz CT molecular complexity index is 374. The fourth-order valence-electron chi connectivity index (χ4n) is 2.80. The second kappa shape index (κ2) is 3.57. The number of benzene rings is 1. The second-order valence-corrected chi connectivity index (χ2v) is 5.69. The maximum atomic E-state index is 12.5. The predicted octanol–water partition coefficient (Wildman–Crippen LogP) is 3.37. The van der Waals surface area contributed by atoms with Crippen molar-refractivity contribution in [1.82, 2.24) is 5.06 Å². The molecule has 1 aromatic carbocycles. The maximum absolute atomic E-state index is 12.5. The molecule has 1 aromatic rings. The molecule has 16 heavy (non-hydrogen) atoms. The molecule has 0 N–H and O–H groups in total. The molecule has 0 bridgehead atoms. The largest absolute Gasteiger partial charge is 0.139 e. The lowest BCUT2D eigenvalue weighted by Crippen LogP contribution is -2.45. The Morgan fingerprint density at radius 2 is 1.75 bits per heavy atom. The topological polar surface area (TPSA) is 23.1 Å². The van der Waals surface area contributed by atoms with Crippen molar-refractivity contribution in [1.29, 1.82) is 0 Å². The zero-order valence-corrected chi connectivity index (χ0v) is 10.5. The lowest BCUT2D eigenvalue weighted by atomic mass is 9.85.